The van der Waals surface area contributed by atoms with Crippen LogP contribution >= 0.6 is 0 Å². The molecule has 0 saturated carbocycles. The molecule has 3 nitrogen and oxygen atoms in total. The molecule has 0 N–H and O–H groups in total. The Morgan fingerprint density at radius 3 is 2.11 bits per heavy atom. The number of aryl methyl sites for hydroxylation is 2. The largest absolute Gasteiger partial charge is 0.501 e. The number of benzene rings is 6. The second kappa shape index (κ2) is 18.0. The number of hydrogen-bond acceptors (Lipinski definition) is 3. The fourth-order valence-electron chi connectivity index (χ4n) is 8.28. The monoisotopic (exact) mass is 1010 g/mol. The summed E-state index contributed by atoms with van der Waals surface area (Å²) < 4.78 is 72.8. The van der Waals surface area contributed by atoms with Gasteiger partial charge in [-0.25, -0.2) is 0 Å². The zero-order valence-electron chi connectivity index (χ0n) is 45.8. The summed E-state index contributed by atoms with van der Waals surface area (Å²) in [5.74, 6) is 0.534. The van der Waals surface area contributed by atoms with Gasteiger partial charge >= 0.3 is 0 Å². The Bertz CT molecular complexity index is 3400. The van der Waals surface area contributed by atoms with Crippen molar-refractivity contribution in [2.75, 3.05) is 0 Å². The van der Waals surface area contributed by atoms with Gasteiger partial charge in [0.15, 0.2) is 0 Å². The first kappa shape index (κ1) is 36.0. The maximum atomic E-state index is 8.85. The van der Waals surface area contributed by atoms with E-state index in [0.29, 0.717) is 22.4 Å². The summed E-state index contributed by atoms with van der Waals surface area (Å²) in [5.41, 5.74) is 8.72. The number of aromatic nitrogens is 2. The summed E-state index contributed by atoms with van der Waals surface area (Å²) in [6, 6.07) is 42.4. The van der Waals surface area contributed by atoms with E-state index >= 15 is 0 Å². The predicted molar refractivity (Wildman–Crippen MR) is 264 cm³/mol. The third-order valence-corrected chi connectivity index (χ3v) is 11.5. The molecule has 323 valence electrons. The van der Waals surface area contributed by atoms with Crippen LogP contribution in [0.3, 0.4) is 0 Å². The number of hydrogen-bond donors (Lipinski definition) is 0. The SMILES string of the molecule is [2H]C([2H])([2H])c1c[c-]c(-c2cc(C(C)(C)C)ccn2)cc1-c1c(C(C)C)cccc1C(C)C.[2H]C([2H])([2H])c1cnc(-c2[c-]ccc3c2oc2cc4c(ccc5ccccc54)cc23)cc1C([2H])([2H])C(C)(C)C.[Ir]. The number of fused-ring (bicyclic) bond motifs is 6. The Labute approximate surface area is 400 Å². The van der Waals surface area contributed by atoms with E-state index < -0.39 is 25.5 Å². The van der Waals surface area contributed by atoms with Crippen molar-refractivity contribution < 1.29 is 35.5 Å². The van der Waals surface area contributed by atoms with Crippen molar-refractivity contribution in [3.05, 3.63) is 167 Å². The molecule has 0 bridgehead atoms. The van der Waals surface area contributed by atoms with Crippen molar-refractivity contribution >= 4 is 43.5 Å². The molecular weight excluding hydrogens is 945 g/mol. The molecule has 0 aliphatic carbocycles. The zero-order chi connectivity index (χ0) is 50.9. The molecule has 9 rings (SSSR count). The third-order valence-electron chi connectivity index (χ3n) is 11.5. The summed E-state index contributed by atoms with van der Waals surface area (Å²) in [4.78, 5) is 9.06. The maximum Gasteiger partial charge on any atom is 0.121 e. The first-order chi connectivity index (χ1) is 32.7. The molecule has 9 aromatic rings. The molecule has 0 fully saturated rings. The molecule has 0 aliphatic heterocycles. The van der Waals surface area contributed by atoms with Crippen LogP contribution < -0.4 is 0 Å². The first-order valence-corrected chi connectivity index (χ1v) is 21.5. The molecule has 0 spiro atoms. The van der Waals surface area contributed by atoms with Crippen LogP contribution in [0.4, 0.5) is 0 Å². The molecule has 0 unspecified atom stereocenters. The first-order valence-electron chi connectivity index (χ1n) is 25.5. The van der Waals surface area contributed by atoms with Crippen LogP contribution in [0.15, 0.2) is 126 Å². The second-order valence-electron chi connectivity index (χ2n) is 19.0. The molecule has 0 amide bonds. The van der Waals surface area contributed by atoms with E-state index in [1.54, 1.807) is 39.0 Å². The minimum atomic E-state index is -2.50. The summed E-state index contributed by atoms with van der Waals surface area (Å²) in [5, 5.41) is 6.36. The fraction of sp³-hybridized carbons (Fsp3) is 0.288. The molecular formula is C59H60IrN2O-2. The normalized spacial score (nSPS) is 14.5. The van der Waals surface area contributed by atoms with Crippen molar-refractivity contribution in [2.45, 2.75) is 107 Å². The second-order valence-corrected chi connectivity index (χ2v) is 19.0. The Morgan fingerprint density at radius 1 is 0.683 bits per heavy atom. The van der Waals surface area contributed by atoms with Crippen molar-refractivity contribution in [1.82, 2.24) is 9.97 Å². The van der Waals surface area contributed by atoms with Gasteiger partial charge in [0.1, 0.15) is 5.58 Å². The van der Waals surface area contributed by atoms with Crippen LogP contribution in [0, 0.1) is 31.3 Å². The molecule has 1 radical (unpaired) electrons. The Balaban J connectivity index is 0.000000209. The fourth-order valence-corrected chi connectivity index (χ4v) is 8.28. The standard InChI is InChI=1S/C31H26NO.C28H34N.Ir/c1-19-18-32-28(15-22(19)17-31(2,3)4)25-11-7-10-24-27-14-21-13-12-20-8-5-6-9-23(20)26(21)16-29(27)33-30(24)25;1-18(2)23-10-9-11-24(19(3)4)27(23)25-16-21(13-12-20(25)5)26-17-22(14-15-29-26)28(6,7)8;/h5-10,12-16,18H,17H2,1-4H3;9-12,14-19H,1-8H3;/q2*-1;/i1D3,17D2;5D3;. The molecule has 4 heteroatoms. The van der Waals surface area contributed by atoms with E-state index in [2.05, 4.69) is 131 Å². The van der Waals surface area contributed by atoms with E-state index in [4.69, 9.17) is 15.4 Å². The van der Waals surface area contributed by atoms with Gasteiger partial charge in [-0.05, 0) is 115 Å². The zero-order valence-corrected chi connectivity index (χ0v) is 40.2. The number of rotatable bonds is 6. The minimum absolute atomic E-state index is 0. The molecule has 6 aromatic carbocycles. The smallest absolute Gasteiger partial charge is 0.121 e. The Kier molecular flexibility index (Phi) is 10.3. The quantitative estimate of drug-likeness (QED) is 0.123. The predicted octanol–water partition coefficient (Wildman–Crippen LogP) is 16.7. The van der Waals surface area contributed by atoms with Gasteiger partial charge in [0.05, 0.1) is 5.58 Å². The van der Waals surface area contributed by atoms with E-state index in [-0.39, 0.29) is 48.5 Å². The Morgan fingerprint density at radius 2 is 1.41 bits per heavy atom. The van der Waals surface area contributed by atoms with Gasteiger partial charge in [-0.1, -0.05) is 165 Å². The van der Waals surface area contributed by atoms with Crippen LogP contribution in [0.1, 0.15) is 125 Å². The number of furan rings is 1. The molecule has 63 heavy (non-hydrogen) atoms. The summed E-state index contributed by atoms with van der Waals surface area (Å²) >= 11 is 0. The summed E-state index contributed by atoms with van der Waals surface area (Å²) in [6.07, 6.45) is 1.18. The Hall–Kier alpha value is -5.41. The summed E-state index contributed by atoms with van der Waals surface area (Å²) in [6.45, 7) is 15.7. The van der Waals surface area contributed by atoms with Gasteiger partial charge in [0.25, 0.3) is 0 Å². The van der Waals surface area contributed by atoms with E-state index in [9.17, 15) is 0 Å². The van der Waals surface area contributed by atoms with Crippen LogP contribution in [0.2, 0.25) is 0 Å². The van der Waals surface area contributed by atoms with Gasteiger partial charge in [0.2, 0.25) is 0 Å². The van der Waals surface area contributed by atoms with Crippen molar-refractivity contribution in [1.29, 1.82) is 0 Å². The number of nitrogens with zero attached hydrogens (tertiary/aromatic N) is 2. The molecule has 0 aliphatic rings. The molecule has 3 aromatic heterocycles. The van der Waals surface area contributed by atoms with Gasteiger partial charge < -0.3 is 14.4 Å². The van der Waals surface area contributed by atoms with Gasteiger partial charge in [-0.15, -0.1) is 47.5 Å². The third kappa shape index (κ3) is 9.45. The maximum absolute atomic E-state index is 8.85. The van der Waals surface area contributed by atoms with Crippen LogP contribution in [-0.2, 0) is 31.9 Å². The van der Waals surface area contributed by atoms with Crippen LogP contribution in [-0.4, -0.2) is 9.97 Å². The van der Waals surface area contributed by atoms with E-state index in [1.165, 1.54) is 11.8 Å². The molecule has 0 atom stereocenters. The van der Waals surface area contributed by atoms with Crippen molar-refractivity contribution in [3.63, 3.8) is 0 Å². The van der Waals surface area contributed by atoms with Gasteiger partial charge in [-0.3, -0.25) is 0 Å². The van der Waals surface area contributed by atoms with Gasteiger partial charge in [0, 0.05) is 48.9 Å². The van der Waals surface area contributed by atoms with Crippen molar-refractivity contribution in [3.8, 4) is 33.6 Å². The molecule has 0 saturated heterocycles. The van der Waals surface area contributed by atoms with Crippen LogP contribution in [0.5, 0.6) is 0 Å². The average molecular weight is 1010 g/mol. The van der Waals surface area contributed by atoms with Gasteiger partial charge in [-0.2, -0.15) is 0 Å². The topological polar surface area (TPSA) is 38.9 Å². The molecule has 3 heterocycles. The average Bonchev–Trinajstić information content (AvgIpc) is 3.67. The van der Waals surface area contributed by atoms with Crippen molar-refractivity contribution in [2.24, 2.45) is 5.41 Å². The summed E-state index contributed by atoms with van der Waals surface area (Å²) in [7, 11) is 0. The number of pyridine rings is 2. The van der Waals surface area contributed by atoms with Crippen LogP contribution in [0.25, 0.3) is 77.1 Å². The minimum Gasteiger partial charge on any atom is -0.501 e. The van der Waals surface area contributed by atoms with E-state index in [0.717, 1.165) is 71.4 Å². The van der Waals surface area contributed by atoms with E-state index in [1.807, 2.05) is 36.5 Å².